The Morgan fingerprint density at radius 3 is 2.25 bits per heavy atom. The zero-order valence-electron chi connectivity index (χ0n) is 9.01. The van der Waals surface area contributed by atoms with Crippen molar-refractivity contribution in [3.63, 3.8) is 0 Å². The Bertz CT molecular complexity index is 131. The predicted octanol–water partition coefficient (Wildman–Crippen LogP) is 2.62. The van der Waals surface area contributed by atoms with Gasteiger partial charge in [0.1, 0.15) is 0 Å². The molecule has 0 heterocycles. The largest absolute Gasteiger partial charge is 0.309 e. The smallest absolute Gasteiger partial charge is 0.000366 e. The van der Waals surface area contributed by atoms with Crippen molar-refractivity contribution < 1.29 is 0 Å². The van der Waals surface area contributed by atoms with E-state index in [0.717, 1.165) is 17.8 Å². The maximum absolute atomic E-state index is 2.41. The molecule has 0 N–H and O–H groups in total. The third-order valence-electron chi connectivity index (χ3n) is 3.33. The van der Waals surface area contributed by atoms with Crippen molar-refractivity contribution in [1.29, 1.82) is 0 Å². The molecule has 12 heavy (non-hydrogen) atoms. The molecular weight excluding hydrogens is 146 g/mol. The lowest BCUT2D eigenvalue weighted by Gasteiger charge is -2.33. The Morgan fingerprint density at radius 2 is 1.75 bits per heavy atom. The van der Waals surface area contributed by atoms with Crippen molar-refractivity contribution in [3.8, 4) is 0 Å². The van der Waals surface area contributed by atoms with Gasteiger partial charge < -0.3 is 4.90 Å². The zero-order chi connectivity index (χ0) is 9.14. The molecular formula is C11H23N. The summed E-state index contributed by atoms with van der Waals surface area (Å²) in [6, 6.07) is 0. The van der Waals surface area contributed by atoms with Gasteiger partial charge in [-0.3, -0.25) is 0 Å². The minimum atomic E-state index is 0.948. The molecule has 1 rings (SSSR count). The number of rotatable bonds is 2. The summed E-state index contributed by atoms with van der Waals surface area (Å²) >= 11 is 0. The molecule has 1 aliphatic rings. The molecule has 72 valence electrons. The lowest BCUT2D eigenvalue weighted by Crippen LogP contribution is -2.28. The van der Waals surface area contributed by atoms with Crippen molar-refractivity contribution in [1.82, 2.24) is 4.90 Å². The zero-order valence-corrected chi connectivity index (χ0v) is 9.01. The van der Waals surface area contributed by atoms with Crippen molar-refractivity contribution >= 4 is 0 Å². The third kappa shape index (κ3) is 2.78. The number of hydrogen-bond acceptors (Lipinski definition) is 1. The van der Waals surface area contributed by atoms with Crippen LogP contribution in [-0.2, 0) is 0 Å². The molecule has 0 amide bonds. The van der Waals surface area contributed by atoms with E-state index in [9.17, 15) is 0 Å². The average molecular weight is 169 g/mol. The molecule has 1 saturated carbocycles. The first-order chi connectivity index (χ1) is 5.59. The molecule has 1 heteroatoms. The van der Waals surface area contributed by atoms with Gasteiger partial charge in [-0.05, 0) is 44.7 Å². The minimum absolute atomic E-state index is 0.948. The predicted molar refractivity (Wildman–Crippen MR) is 54.2 cm³/mol. The van der Waals surface area contributed by atoms with Crippen LogP contribution in [0.2, 0.25) is 0 Å². The van der Waals surface area contributed by atoms with Gasteiger partial charge >= 0.3 is 0 Å². The van der Waals surface area contributed by atoms with Gasteiger partial charge in [0.25, 0.3) is 0 Å². The molecule has 0 aromatic rings. The van der Waals surface area contributed by atoms with E-state index < -0.39 is 0 Å². The molecule has 0 bridgehead atoms. The quantitative estimate of drug-likeness (QED) is 0.614. The molecule has 1 fully saturated rings. The van der Waals surface area contributed by atoms with E-state index in [1.165, 1.54) is 25.8 Å². The highest BCUT2D eigenvalue weighted by molar-refractivity contribution is 4.76. The topological polar surface area (TPSA) is 3.24 Å². The van der Waals surface area contributed by atoms with Gasteiger partial charge in [-0.15, -0.1) is 0 Å². The molecule has 0 aromatic carbocycles. The Morgan fingerprint density at radius 1 is 1.08 bits per heavy atom. The average Bonchev–Trinajstić information content (AvgIpc) is 1.96. The van der Waals surface area contributed by atoms with E-state index in [2.05, 4.69) is 32.8 Å². The van der Waals surface area contributed by atoms with Crippen LogP contribution in [0.5, 0.6) is 0 Å². The van der Waals surface area contributed by atoms with Crippen LogP contribution in [0, 0.1) is 17.8 Å². The summed E-state index contributed by atoms with van der Waals surface area (Å²) in [5, 5.41) is 0. The molecule has 0 spiro atoms. The Hall–Kier alpha value is -0.0400. The Kier molecular flexibility index (Phi) is 3.57. The Balaban J connectivity index is 2.30. The fourth-order valence-corrected chi connectivity index (χ4v) is 2.34. The second-order valence-electron chi connectivity index (χ2n) is 4.90. The summed E-state index contributed by atoms with van der Waals surface area (Å²) in [5.41, 5.74) is 0. The highest BCUT2D eigenvalue weighted by atomic mass is 15.1. The van der Waals surface area contributed by atoms with E-state index >= 15 is 0 Å². The highest BCUT2D eigenvalue weighted by Gasteiger charge is 2.24. The van der Waals surface area contributed by atoms with E-state index in [1.807, 2.05) is 0 Å². The fourth-order valence-electron chi connectivity index (χ4n) is 2.34. The summed E-state index contributed by atoms with van der Waals surface area (Å²) in [6.07, 6.45) is 4.34. The molecule has 0 aliphatic heterocycles. The van der Waals surface area contributed by atoms with E-state index in [-0.39, 0.29) is 0 Å². The Labute approximate surface area is 77.1 Å². The van der Waals surface area contributed by atoms with Gasteiger partial charge in [0, 0.05) is 6.54 Å². The summed E-state index contributed by atoms with van der Waals surface area (Å²) < 4.78 is 0. The van der Waals surface area contributed by atoms with Gasteiger partial charge in [-0.2, -0.15) is 0 Å². The van der Waals surface area contributed by atoms with Gasteiger partial charge in [-0.1, -0.05) is 20.3 Å². The standard InChI is InChI=1S/C11H23N/c1-9-5-6-11(7-10(9)2)8-12(3)4/h9-11H,5-8H2,1-4H3. The van der Waals surface area contributed by atoms with E-state index in [1.54, 1.807) is 0 Å². The molecule has 1 aliphatic carbocycles. The molecule has 3 unspecified atom stereocenters. The van der Waals surface area contributed by atoms with Crippen molar-refractivity contribution in [2.24, 2.45) is 17.8 Å². The van der Waals surface area contributed by atoms with Crippen molar-refractivity contribution in [2.75, 3.05) is 20.6 Å². The molecule has 0 saturated heterocycles. The number of nitrogens with zero attached hydrogens (tertiary/aromatic N) is 1. The second kappa shape index (κ2) is 4.27. The molecule has 0 radical (unpaired) electrons. The molecule has 3 atom stereocenters. The van der Waals surface area contributed by atoms with Crippen molar-refractivity contribution in [2.45, 2.75) is 33.1 Å². The van der Waals surface area contributed by atoms with E-state index in [0.29, 0.717) is 0 Å². The summed E-state index contributed by atoms with van der Waals surface area (Å²) in [6.45, 7) is 6.10. The lowest BCUT2D eigenvalue weighted by atomic mass is 9.76. The molecule has 1 nitrogen and oxygen atoms in total. The van der Waals surface area contributed by atoms with Crippen LogP contribution in [0.25, 0.3) is 0 Å². The van der Waals surface area contributed by atoms with Crippen LogP contribution in [0.4, 0.5) is 0 Å². The first-order valence-electron chi connectivity index (χ1n) is 5.24. The van der Waals surface area contributed by atoms with Crippen LogP contribution in [-0.4, -0.2) is 25.5 Å². The summed E-state index contributed by atoms with van der Waals surface area (Å²) in [5.74, 6) is 2.87. The van der Waals surface area contributed by atoms with Crippen LogP contribution in [0.3, 0.4) is 0 Å². The second-order valence-corrected chi connectivity index (χ2v) is 4.90. The minimum Gasteiger partial charge on any atom is -0.309 e. The van der Waals surface area contributed by atoms with Crippen LogP contribution in [0.15, 0.2) is 0 Å². The first-order valence-corrected chi connectivity index (χ1v) is 5.24. The fraction of sp³-hybridized carbons (Fsp3) is 1.00. The van der Waals surface area contributed by atoms with E-state index in [4.69, 9.17) is 0 Å². The maximum Gasteiger partial charge on any atom is 0.000366 e. The van der Waals surface area contributed by atoms with Gasteiger partial charge in [0.2, 0.25) is 0 Å². The van der Waals surface area contributed by atoms with Crippen LogP contribution in [0.1, 0.15) is 33.1 Å². The summed E-state index contributed by atoms with van der Waals surface area (Å²) in [4.78, 5) is 2.33. The third-order valence-corrected chi connectivity index (χ3v) is 3.33. The monoisotopic (exact) mass is 169 g/mol. The van der Waals surface area contributed by atoms with Gasteiger partial charge in [0.15, 0.2) is 0 Å². The van der Waals surface area contributed by atoms with Gasteiger partial charge in [0.05, 0.1) is 0 Å². The van der Waals surface area contributed by atoms with Crippen LogP contribution >= 0.6 is 0 Å². The first kappa shape index (κ1) is 10.0. The van der Waals surface area contributed by atoms with Gasteiger partial charge in [-0.25, -0.2) is 0 Å². The maximum atomic E-state index is 2.41. The lowest BCUT2D eigenvalue weighted by molar-refractivity contribution is 0.176. The molecule has 0 aromatic heterocycles. The van der Waals surface area contributed by atoms with Crippen molar-refractivity contribution in [3.05, 3.63) is 0 Å². The normalized spacial score (nSPS) is 37.2. The highest BCUT2D eigenvalue weighted by Crippen LogP contribution is 2.33. The number of hydrogen-bond donors (Lipinski definition) is 0. The summed E-state index contributed by atoms with van der Waals surface area (Å²) in [7, 11) is 4.37. The SMILES string of the molecule is CC1CCC(CN(C)C)CC1C. The van der Waals surface area contributed by atoms with Crippen LogP contribution < -0.4 is 0 Å².